The van der Waals surface area contributed by atoms with Gasteiger partial charge in [0.25, 0.3) is 0 Å². The minimum atomic E-state index is 0.496. The number of amides is 1. The Kier molecular flexibility index (Phi) is 2.64. The molecule has 2 aromatic carbocycles. The van der Waals surface area contributed by atoms with Gasteiger partial charge in [0.2, 0.25) is 12.3 Å². The summed E-state index contributed by atoms with van der Waals surface area (Å²) in [5.74, 6) is 0.496. The summed E-state index contributed by atoms with van der Waals surface area (Å²) >= 11 is 0. The standard InChI is InChI=1S/C14H11N3O2/c15-10-4-5-13-12(7-10)17-14(19-13)9-2-1-3-11(6-9)16-8-18/h1-8H,15H2,(H,16,18). The number of rotatable bonds is 3. The van der Waals surface area contributed by atoms with Crippen LogP contribution in [0.1, 0.15) is 0 Å². The second-order valence-corrected chi connectivity index (χ2v) is 4.09. The van der Waals surface area contributed by atoms with E-state index in [0.717, 1.165) is 5.56 Å². The topological polar surface area (TPSA) is 81.1 Å². The number of oxazole rings is 1. The van der Waals surface area contributed by atoms with Crippen molar-refractivity contribution in [2.75, 3.05) is 11.1 Å². The number of nitrogens with one attached hydrogen (secondary N) is 1. The average molecular weight is 253 g/mol. The lowest BCUT2D eigenvalue weighted by atomic mass is 10.2. The van der Waals surface area contributed by atoms with E-state index >= 15 is 0 Å². The third-order valence-corrected chi connectivity index (χ3v) is 2.75. The Morgan fingerprint density at radius 3 is 2.95 bits per heavy atom. The second kappa shape index (κ2) is 4.45. The van der Waals surface area contributed by atoms with Gasteiger partial charge < -0.3 is 15.5 Å². The van der Waals surface area contributed by atoms with Crippen LogP contribution in [-0.2, 0) is 4.79 Å². The van der Waals surface area contributed by atoms with Crippen LogP contribution in [0.3, 0.4) is 0 Å². The third-order valence-electron chi connectivity index (χ3n) is 2.75. The summed E-state index contributed by atoms with van der Waals surface area (Å²) in [5, 5.41) is 2.59. The molecule has 0 saturated heterocycles. The summed E-state index contributed by atoms with van der Waals surface area (Å²) in [7, 11) is 0. The van der Waals surface area contributed by atoms with Crippen LogP contribution in [-0.4, -0.2) is 11.4 Å². The van der Waals surface area contributed by atoms with E-state index in [0.29, 0.717) is 34.8 Å². The molecule has 0 aliphatic heterocycles. The number of fused-ring (bicyclic) bond motifs is 1. The summed E-state index contributed by atoms with van der Waals surface area (Å²) in [6, 6.07) is 12.6. The molecule has 0 aliphatic rings. The van der Waals surface area contributed by atoms with Gasteiger partial charge >= 0.3 is 0 Å². The lowest BCUT2D eigenvalue weighted by molar-refractivity contribution is -0.105. The molecule has 5 nitrogen and oxygen atoms in total. The maximum absolute atomic E-state index is 10.4. The van der Waals surface area contributed by atoms with Gasteiger partial charge in [-0.15, -0.1) is 0 Å². The first-order valence-electron chi connectivity index (χ1n) is 5.73. The van der Waals surface area contributed by atoms with Crippen molar-refractivity contribution in [2.45, 2.75) is 0 Å². The van der Waals surface area contributed by atoms with Crippen molar-refractivity contribution in [3.8, 4) is 11.5 Å². The van der Waals surface area contributed by atoms with Gasteiger partial charge in [0.1, 0.15) is 5.52 Å². The van der Waals surface area contributed by atoms with Crippen molar-refractivity contribution in [1.29, 1.82) is 0 Å². The van der Waals surface area contributed by atoms with Gasteiger partial charge in [-0.1, -0.05) is 6.07 Å². The van der Waals surface area contributed by atoms with E-state index in [4.69, 9.17) is 10.2 Å². The van der Waals surface area contributed by atoms with Gasteiger partial charge in [0, 0.05) is 16.9 Å². The van der Waals surface area contributed by atoms with Crippen LogP contribution in [0.4, 0.5) is 11.4 Å². The van der Waals surface area contributed by atoms with Crippen LogP contribution in [0.5, 0.6) is 0 Å². The molecule has 3 aromatic rings. The molecule has 0 atom stereocenters. The fourth-order valence-corrected chi connectivity index (χ4v) is 1.88. The maximum atomic E-state index is 10.4. The largest absolute Gasteiger partial charge is 0.436 e. The molecule has 1 aromatic heterocycles. The van der Waals surface area contributed by atoms with Crippen molar-refractivity contribution in [3.63, 3.8) is 0 Å². The molecule has 0 saturated carbocycles. The Bertz CT molecular complexity index is 749. The summed E-state index contributed by atoms with van der Waals surface area (Å²) in [6.45, 7) is 0. The predicted molar refractivity (Wildman–Crippen MR) is 73.5 cm³/mol. The predicted octanol–water partition coefficient (Wildman–Crippen LogP) is 2.65. The van der Waals surface area contributed by atoms with Gasteiger partial charge in [-0.2, -0.15) is 0 Å². The number of nitrogen functional groups attached to an aromatic ring is 1. The molecule has 19 heavy (non-hydrogen) atoms. The summed E-state index contributed by atoms with van der Waals surface area (Å²) in [6.07, 6.45) is 0.631. The van der Waals surface area contributed by atoms with Crippen LogP contribution in [0.25, 0.3) is 22.6 Å². The average Bonchev–Trinajstić information content (AvgIpc) is 2.82. The minimum absolute atomic E-state index is 0.496. The molecule has 1 heterocycles. The smallest absolute Gasteiger partial charge is 0.227 e. The molecule has 0 unspecified atom stereocenters. The van der Waals surface area contributed by atoms with Crippen molar-refractivity contribution in [2.24, 2.45) is 0 Å². The number of benzene rings is 2. The molecule has 5 heteroatoms. The molecular weight excluding hydrogens is 242 g/mol. The number of hydrogen-bond donors (Lipinski definition) is 2. The van der Waals surface area contributed by atoms with E-state index in [1.165, 1.54) is 0 Å². The highest BCUT2D eigenvalue weighted by Crippen LogP contribution is 2.26. The van der Waals surface area contributed by atoms with Crippen molar-refractivity contribution >= 4 is 28.9 Å². The molecule has 0 bridgehead atoms. The molecule has 0 aliphatic carbocycles. The van der Waals surface area contributed by atoms with Gasteiger partial charge in [-0.3, -0.25) is 4.79 Å². The monoisotopic (exact) mass is 253 g/mol. The molecular formula is C14H11N3O2. The summed E-state index contributed by atoms with van der Waals surface area (Å²) in [4.78, 5) is 14.8. The van der Waals surface area contributed by atoms with Crippen LogP contribution in [0.15, 0.2) is 46.9 Å². The van der Waals surface area contributed by atoms with Gasteiger partial charge in [0.15, 0.2) is 5.58 Å². The van der Waals surface area contributed by atoms with Gasteiger partial charge in [-0.05, 0) is 36.4 Å². The number of hydrogen-bond acceptors (Lipinski definition) is 4. The highest BCUT2D eigenvalue weighted by atomic mass is 16.3. The van der Waals surface area contributed by atoms with Gasteiger partial charge in [0.05, 0.1) is 0 Å². The number of nitrogens with two attached hydrogens (primary N) is 1. The van der Waals surface area contributed by atoms with E-state index in [1.54, 1.807) is 30.3 Å². The third kappa shape index (κ3) is 2.13. The highest BCUT2D eigenvalue weighted by molar-refractivity contribution is 5.80. The number of carbonyl (C=O) groups is 1. The first-order chi connectivity index (χ1) is 9.26. The zero-order valence-electron chi connectivity index (χ0n) is 9.96. The Labute approximate surface area is 109 Å². The first kappa shape index (κ1) is 11.3. The van der Waals surface area contributed by atoms with E-state index < -0.39 is 0 Å². The van der Waals surface area contributed by atoms with Crippen molar-refractivity contribution in [3.05, 3.63) is 42.5 Å². The number of carbonyl (C=O) groups excluding carboxylic acids is 1. The SMILES string of the molecule is Nc1ccc2oc(-c3cccc(NC=O)c3)nc2c1. The molecule has 0 spiro atoms. The summed E-state index contributed by atoms with van der Waals surface area (Å²) < 4.78 is 5.66. The Balaban J connectivity index is 2.08. The molecule has 94 valence electrons. The zero-order valence-corrected chi connectivity index (χ0v) is 9.96. The number of nitrogens with zero attached hydrogens (tertiary/aromatic N) is 1. The zero-order chi connectivity index (χ0) is 13.2. The van der Waals surface area contributed by atoms with Crippen LogP contribution >= 0.6 is 0 Å². The molecule has 0 radical (unpaired) electrons. The molecule has 3 rings (SSSR count). The van der Waals surface area contributed by atoms with Crippen LogP contribution in [0, 0.1) is 0 Å². The highest BCUT2D eigenvalue weighted by Gasteiger charge is 2.08. The quantitative estimate of drug-likeness (QED) is 0.555. The van der Waals surface area contributed by atoms with E-state index in [9.17, 15) is 4.79 Å². The Hall–Kier alpha value is -2.82. The number of anilines is 2. The van der Waals surface area contributed by atoms with Crippen LogP contribution in [0.2, 0.25) is 0 Å². The number of aromatic nitrogens is 1. The Morgan fingerprint density at radius 2 is 2.11 bits per heavy atom. The Morgan fingerprint density at radius 1 is 1.21 bits per heavy atom. The minimum Gasteiger partial charge on any atom is -0.436 e. The van der Waals surface area contributed by atoms with Crippen molar-refractivity contribution in [1.82, 2.24) is 4.98 Å². The van der Waals surface area contributed by atoms with E-state index in [2.05, 4.69) is 10.3 Å². The van der Waals surface area contributed by atoms with Crippen molar-refractivity contribution < 1.29 is 9.21 Å². The van der Waals surface area contributed by atoms with E-state index in [-0.39, 0.29) is 0 Å². The molecule has 3 N–H and O–H groups in total. The fraction of sp³-hybridized carbons (Fsp3) is 0. The normalized spacial score (nSPS) is 10.5. The lowest BCUT2D eigenvalue weighted by Gasteiger charge is -1.99. The van der Waals surface area contributed by atoms with Crippen LogP contribution < -0.4 is 11.1 Å². The fourth-order valence-electron chi connectivity index (χ4n) is 1.88. The summed E-state index contributed by atoms with van der Waals surface area (Å²) in [5.41, 5.74) is 9.22. The van der Waals surface area contributed by atoms with Gasteiger partial charge in [-0.25, -0.2) is 4.98 Å². The maximum Gasteiger partial charge on any atom is 0.227 e. The molecule has 1 amide bonds. The van der Waals surface area contributed by atoms with E-state index in [1.807, 2.05) is 12.1 Å². The second-order valence-electron chi connectivity index (χ2n) is 4.09. The molecule has 0 fully saturated rings. The lowest BCUT2D eigenvalue weighted by Crippen LogP contribution is -1.93. The first-order valence-corrected chi connectivity index (χ1v) is 5.73.